The molecule has 9 heteroatoms. The molecule has 3 rings (SSSR count). The first kappa shape index (κ1) is 18.7. The number of alkyl halides is 3. The molecule has 26 heavy (non-hydrogen) atoms. The van der Waals surface area contributed by atoms with E-state index in [1.165, 1.54) is 11.9 Å². The van der Waals surface area contributed by atoms with Gasteiger partial charge in [0.15, 0.2) is 5.69 Å². The normalized spacial score (nSPS) is 16.1. The lowest BCUT2D eigenvalue weighted by molar-refractivity contribution is -0.141. The van der Waals surface area contributed by atoms with Crippen LogP contribution in [-0.4, -0.2) is 51.7 Å². The number of aromatic nitrogens is 2. The van der Waals surface area contributed by atoms with E-state index in [0.29, 0.717) is 37.7 Å². The van der Waals surface area contributed by atoms with E-state index >= 15 is 0 Å². The highest BCUT2D eigenvalue weighted by Gasteiger charge is 2.40. The summed E-state index contributed by atoms with van der Waals surface area (Å²) in [5.41, 5.74) is -0.474. The Kier molecular flexibility index (Phi) is 5.24. The minimum Gasteiger partial charge on any atom is -0.336 e. The van der Waals surface area contributed by atoms with E-state index in [1.54, 1.807) is 6.07 Å². The maximum absolute atomic E-state index is 13.1. The van der Waals surface area contributed by atoms with Gasteiger partial charge in [-0.1, -0.05) is 23.7 Å². The van der Waals surface area contributed by atoms with E-state index in [0.717, 1.165) is 16.4 Å². The number of carbonyl (C=O) groups is 1. The van der Waals surface area contributed by atoms with Gasteiger partial charge >= 0.3 is 6.18 Å². The van der Waals surface area contributed by atoms with Crippen molar-refractivity contribution in [3.8, 4) is 0 Å². The van der Waals surface area contributed by atoms with Gasteiger partial charge < -0.3 is 4.90 Å². The van der Waals surface area contributed by atoms with E-state index in [-0.39, 0.29) is 0 Å². The Morgan fingerprint density at radius 1 is 1.23 bits per heavy atom. The van der Waals surface area contributed by atoms with Crippen molar-refractivity contribution < 1.29 is 18.0 Å². The molecule has 2 aromatic rings. The Morgan fingerprint density at radius 2 is 1.92 bits per heavy atom. The van der Waals surface area contributed by atoms with Gasteiger partial charge in [0.1, 0.15) is 0 Å². The summed E-state index contributed by atoms with van der Waals surface area (Å²) in [5.74, 6) is -0.632. The van der Waals surface area contributed by atoms with Crippen molar-refractivity contribution in [3.05, 3.63) is 52.3 Å². The van der Waals surface area contributed by atoms with Crippen LogP contribution in [0, 0.1) is 0 Å². The summed E-state index contributed by atoms with van der Waals surface area (Å²) in [6.45, 7) is 2.58. The van der Waals surface area contributed by atoms with Crippen LogP contribution in [0.3, 0.4) is 0 Å². The summed E-state index contributed by atoms with van der Waals surface area (Å²) < 4.78 is 40.2. The first-order valence-electron chi connectivity index (χ1n) is 8.11. The molecule has 1 aromatic heterocycles. The molecule has 0 atom stereocenters. The van der Waals surface area contributed by atoms with Gasteiger partial charge in [-0.2, -0.15) is 18.3 Å². The highest BCUT2D eigenvalue weighted by Crippen LogP contribution is 2.31. The molecule has 0 saturated carbocycles. The van der Waals surface area contributed by atoms with Gasteiger partial charge in [0.25, 0.3) is 5.91 Å². The largest absolute Gasteiger partial charge is 0.435 e. The van der Waals surface area contributed by atoms with Crippen molar-refractivity contribution >= 4 is 17.5 Å². The van der Waals surface area contributed by atoms with E-state index in [4.69, 9.17) is 11.6 Å². The molecule has 0 aliphatic carbocycles. The molecule has 0 N–H and O–H groups in total. The molecule has 1 aliphatic heterocycles. The van der Waals surface area contributed by atoms with Crippen LogP contribution in [0.15, 0.2) is 30.5 Å². The van der Waals surface area contributed by atoms with Gasteiger partial charge in [-0.15, -0.1) is 0 Å². The van der Waals surface area contributed by atoms with Crippen LogP contribution in [0.2, 0.25) is 5.02 Å². The first-order chi connectivity index (χ1) is 12.2. The number of amides is 1. The third-order valence-electron chi connectivity index (χ3n) is 4.28. The predicted molar refractivity (Wildman–Crippen MR) is 90.8 cm³/mol. The second kappa shape index (κ2) is 7.28. The minimum absolute atomic E-state index is 0.367. The molecule has 2 heterocycles. The first-order valence-corrected chi connectivity index (χ1v) is 8.49. The fraction of sp³-hybridized carbons (Fsp3) is 0.412. The lowest BCUT2D eigenvalue weighted by Crippen LogP contribution is -2.48. The monoisotopic (exact) mass is 386 g/mol. The van der Waals surface area contributed by atoms with E-state index in [2.05, 4.69) is 10.00 Å². The van der Waals surface area contributed by atoms with Crippen molar-refractivity contribution in [3.63, 3.8) is 0 Å². The zero-order valence-corrected chi connectivity index (χ0v) is 14.9. The maximum Gasteiger partial charge on any atom is 0.435 e. The zero-order valence-electron chi connectivity index (χ0n) is 14.1. The standard InChI is InChI=1S/C17H18ClF3N4O/c1-23-11-14(15(22-23)17(19,20)21)16(26)25-7-5-24(6-8-25)10-12-3-2-4-13(18)9-12/h2-4,9,11H,5-8,10H2,1H3. The molecule has 0 unspecified atom stereocenters. The number of rotatable bonds is 3. The number of aryl methyl sites for hydroxylation is 1. The average molecular weight is 387 g/mol. The van der Waals surface area contributed by atoms with Gasteiger partial charge in [-0.3, -0.25) is 14.4 Å². The number of hydrogen-bond acceptors (Lipinski definition) is 3. The van der Waals surface area contributed by atoms with Crippen LogP contribution in [0.25, 0.3) is 0 Å². The van der Waals surface area contributed by atoms with E-state index in [9.17, 15) is 18.0 Å². The summed E-state index contributed by atoms with van der Waals surface area (Å²) in [5, 5.41) is 4.06. The molecule has 1 aliphatic rings. The van der Waals surface area contributed by atoms with Gasteiger partial charge in [-0.25, -0.2) is 0 Å². The van der Waals surface area contributed by atoms with Crippen LogP contribution in [0.4, 0.5) is 13.2 Å². The molecule has 0 spiro atoms. The number of benzene rings is 1. The molecule has 0 radical (unpaired) electrons. The van der Waals surface area contributed by atoms with Gasteiger partial charge in [0.05, 0.1) is 5.56 Å². The smallest absolute Gasteiger partial charge is 0.336 e. The van der Waals surface area contributed by atoms with Gasteiger partial charge in [-0.05, 0) is 17.7 Å². The number of carbonyl (C=O) groups excluding carboxylic acids is 1. The summed E-state index contributed by atoms with van der Waals surface area (Å²) in [6.07, 6.45) is -3.52. The SMILES string of the molecule is Cn1cc(C(=O)N2CCN(Cc3cccc(Cl)c3)CC2)c(C(F)(F)F)n1. The van der Waals surface area contributed by atoms with Gasteiger partial charge in [0, 0.05) is 51.0 Å². The Morgan fingerprint density at radius 3 is 2.54 bits per heavy atom. The average Bonchev–Trinajstić information content (AvgIpc) is 2.97. The summed E-state index contributed by atoms with van der Waals surface area (Å²) in [7, 11) is 1.37. The van der Waals surface area contributed by atoms with Crippen molar-refractivity contribution in [2.45, 2.75) is 12.7 Å². The van der Waals surface area contributed by atoms with E-state index in [1.807, 2.05) is 18.2 Å². The number of nitrogens with zero attached hydrogens (tertiary/aromatic N) is 4. The Hall–Kier alpha value is -2.06. The molecular weight excluding hydrogens is 369 g/mol. The fourth-order valence-corrected chi connectivity index (χ4v) is 3.24. The molecule has 1 aromatic carbocycles. The second-order valence-electron chi connectivity index (χ2n) is 6.26. The predicted octanol–water partition coefficient (Wildman–Crippen LogP) is 3.05. The number of hydrogen-bond donors (Lipinski definition) is 0. The van der Waals surface area contributed by atoms with Gasteiger partial charge in [0.2, 0.25) is 0 Å². The molecule has 1 fully saturated rings. The number of halogens is 4. The van der Waals surface area contributed by atoms with Crippen LogP contribution >= 0.6 is 11.6 Å². The molecule has 1 saturated heterocycles. The van der Waals surface area contributed by atoms with E-state index < -0.39 is 23.3 Å². The van der Waals surface area contributed by atoms with Crippen LogP contribution in [0.1, 0.15) is 21.6 Å². The van der Waals surface area contributed by atoms with Crippen molar-refractivity contribution in [1.29, 1.82) is 0 Å². The third kappa shape index (κ3) is 4.19. The third-order valence-corrected chi connectivity index (χ3v) is 4.52. The Labute approximate surface area is 153 Å². The summed E-state index contributed by atoms with van der Waals surface area (Å²) in [6, 6.07) is 7.52. The molecule has 0 bridgehead atoms. The lowest BCUT2D eigenvalue weighted by atomic mass is 10.1. The minimum atomic E-state index is -4.65. The number of piperazine rings is 1. The summed E-state index contributed by atoms with van der Waals surface area (Å²) >= 11 is 5.98. The highest BCUT2D eigenvalue weighted by atomic mass is 35.5. The second-order valence-corrected chi connectivity index (χ2v) is 6.70. The quantitative estimate of drug-likeness (QED) is 0.814. The molecule has 5 nitrogen and oxygen atoms in total. The summed E-state index contributed by atoms with van der Waals surface area (Å²) in [4.78, 5) is 16.1. The van der Waals surface area contributed by atoms with Crippen LogP contribution < -0.4 is 0 Å². The van der Waals surface area contributed by atoms with Crippen molar-refractivity contribution in [2.24, 2.45) is 7.05 Å². The van der Waals surface area contributed by atoms with Crippen LogP contribution in [0.5, 0.6) is 0 Å². The van der Waals surface area contributed by atoms with Crippen LogP contribution in [-0.2, 0) is 19.8 Å². The Bertz CT molecular complexity index is 798. The highest BCUT2D eigenvalue weighted by molar-refractivity contribution is 6.30. The van der Waals surface area contributed by atoms with Crippen molar-refractivity contribution in [2.75, 3.05) is 26.2 Å². The Balaban J connectivity index is 1.64. The zero-order chi connectivity index (χ0) is 18.9. The van der Waals surface area contributed by atoms with Crippen molar-refractivity contribution in [1.82, 2.24) is 19.6 Å². The molecule has 140 valence electrons. The topological polar surface area (TPSA) is 41.4 Å². The molecule has 1 amide bonds. The lowest BCUT2D eigenvalue weighted by Gasteiger charge is -2.34. The fourth-order valence-electron chi connectivity index (χ4n) is 3.03. The molecular formula is C17H18ClF3N4O. The maximum atomic E-state index is 13.1.